The molecule has 40 heavy (non-hydrogen) atoms. The van der Waals surface area contributed by atoms with Crippen LogP contribution in [0.15, 0.2) is 131 Å². The molecule has 0 unspecified atom stereocenters. The van der Waals surface area contributed by atoms with Gasteiger partial charge in [0.25, 0.3) is 0 Å². The normalized spacial score (nSPS) is 12.8. The van der Waals surface area contributed by atoms with Crippen LogP contribution < -0.4 is 10.7 Å². The lowest BCUT2D eigenvalue weighted by Gasteiger charge is -2.20. The Hall–Kier alpha value is -4.54. The van der Waals surface area contributed by atoms with Gasteiger partial charge in [-0.15, -0.1) is 0 Å². The summed E-state index contributed by atoms with van der Waals surface area (Å²) in [5.41, 5.74) is 8.67. The molecule has 0 bridgehead atoms. The Morgan fingerprint density at radius 2 is 1.20 bits per heavy atom. The molecule has 1 heterocycles. The zero-order valence-corrected chi connectivity index (χ0v) is 22.1. The predicted octanol–water partition coefficient (Wildman–Crippen LogP) is 7.09. The monoisotopic (exact) mass is 542 g/mol. The molecular formula is C34H23O5P. The number of benzene rings is 5. The molecule has 6 heteroatoms. The van der Waals surface area contributed by atoms with Crippen LogP contribution in [0.1, 0.15) is 22.6 Å². The lowest BCUT2D eigenvalue weighted by molar-refractivity contribution is 0.387. The molecule has 0 spiro atoms. The van der Waals surface area contributed by atoms with E-state index in [1.807, 2.05) is 48.5 Å². The molecule has 0 radical (unpaired) electrons. The summed E-state index contributed by atoms with van der Waals surface area (Å²) in [6.45, 7) is 0. The van der Waals surface area contributed by atoms with Crippen LogP contribution in [-0.2, 0) is 4.57 Å². The second kappa shape index (κ2) is 9.29. The fraction of sp³-hybridized carbons (Fsp3) is 0.0294. The van der Waals surface area contributed by atoms with E-state index in [-0.39, 0.29) is 16.7 Å². The maximum atomic E-state index is 12.9. The molecule has 0 saturated heterocycles. The number of fused-ring (bicyclic) bond motifs is 4. The van der Waals surface area contributed by atoms with Crippen molar-refractivity contribution < 1.29 is 18.8 Å². The van der Waals surface area contributed by atoms with Crippen LogP contribution in [0.5, 0.6) is 0 Å². The molecule has 0 fully saturated rings. The number of hydrogen-bond acceptors (Lipinski definition) is 3. The van der Waals surface area contributed by atoms with Crippen molar-refractivity contribution >= 4 is 23.9 Å². The molecule has 5 nitrogen and oxygen atoms in total. The van der Waals surface area contributed by atoms with E-state index in [4.69, 9.17) is 4.42 Å². The first-order valence-corrected chi connectivity index (χ1v) is 14.5. The van der Waals surface area contributed by atoms with E-state index in [0.717, 1.165) is 22.3 Å². The summed E-state index contributed by atoms with van der Waals surface area (Å²) >= 11 is 0. The van der Waals surface area contributed by atoms with Crippen molar-refractivity contribution in [2.45, 2.75) is 5.92 Å². The summed E-state index contributed by atoms with van der Waals surface area (Å²) in [6.07, 6.45) is 0. The topological polar surface area (TPSA) is 87.7 Å². The third-order valence-electron chi connectivity index (χ3n) is 7.63. The summed E-state index contributed by atoms with van der Waals surface area (Å²) in [5, 5.41) is 0.510. The smallest absolute Gasteiger partial charge is 0.356 e. The highest BCUT2D eigenvalue weighted by molar-refractivity contribution is 7.60. The highest BCUT2D eigenvalue weighted by Gasteiger charge is 2.31. The van der Waals surface area contributed by atoms with Gasteiger partial charge in [0, 0.05) is 17.5 Å². The Kier molecular flexibility index (Phi) is 5.69. The van der Waals surface area contributed by atoms with Gasteiger partial charge in [0.15, 0.2) is 5.43 Å². The fourth-order valence-corrected chi connectivity index (χ4v) is 6.33. The maximum Gasteiger partial charge on any atom is 0.356 e. The van der Waals surface area contributed by atoms with Crippen molar-refractivity contribution in [2.75, 3.05) is 0 Å². The van der Waals surface area contributed by atoms with E-state index < -0.39 is 7.60 Å². The molecule has 7 rings (SSSR count). The van der Waals surface area contributed by atoms with Gasteiger partial charge in [0.2, 0.25) is 0 Å². The average Bonchev–Trinajstić information content (AvgIpc) is 3.31. The average molecular weight is 543 g/mol. The molecular weight excluding hydrogens is 519 g/mol. The van der Waals surface area contributed by atoms with Gasteiger partial charge in [-0.05, 0) is 69.3 Å². The Morgan fingerprint density at radius 3 is 1.88 bits per heavy atom. The Morgan fingerprint density at radius 1 is 0.600 bits per heavy atom. The highest BCUT2D eigenvalue weighted by atomic mass is 31.2. The van der Waals surface area contributed by atoms with Gasteiger partial charge in [0.05, 0.1) is 10.7 Å². The Bertz CT molecular complexity index is 1990. The van der Waals surface area contributed by atoms with Gasteiger partial charge in [-0.25, -0.2) is 0 Å². The minimum Gasteiger partial charge on any atom is -0.456 e. The lowest BCUT2D eigenvalue weighted by atomic mass is 9.83. The van der Waals surface area contributed by atoms with E-state index in [9.17, 15) is 19.1 Å². The summed E-state index contributed by atoms with van der Waals surface area (Å²) in [4.78, 5) is 32.2. The molecule has 0 aliphatic heterocycles. The second-order valence-corrected chi connectivity index (χ2v) is 11.6. The third kappa shape index (κ3) is 4.04. The molecule has 0 saturated carbocycles. The van der Waals surface area contributed by atoms with Gasteiger partial charge in [-0.3, -0.25) is 9.36 Å². The van der Waals surface area contributed by atoms with Gasteiger partial charge < -0.3 is 14.2 Å². The summed E-state index contributed by atoms with van der Waals surface area (Å²) in [7, 11) is -4.36. The molecule has 194 valence electrons. The Labute approximate surface area is 230 Å². The standard InChI is InChI=1S/C34H23O5P/c35-31-20-33(39-32-12-6-5-11-29(31)32)22-15-18-24(21-13-16-23(17-14-21)40(36,37)38)30(19-22)34-27-9-3-1-7-25(27)26-8-2-4-10-28(26)34/h1-20,34H,(H2,36,37,38). The second-order valence-electron chi connectivity index (χ2n) is 9.97. The third-order valence-corrected chi connectivity index (χ3v) is 8.60. The largest absolute Gasteiger partial charge is 0.456 e. The molecule has 1 aromatic heterocycles. The fourth-order valence-electron chi connectivity index (χ4n) is 5.79. The van der Waals surface area contributed by atoms with E-state index in [0.29, 0.717) is 16.7 Å². The van der Waals surface area contributed by atoms with Crippen molar-refractivity contribution in [3.63, 3.8) is 0 Å². The Balaban J connectivity index is 1.47. The number of rotatable bonds is 4. The van der Waals surface area contributed by atoms with E-state index in [1.54, 1.807) is 24.3 Å². The van der Waals surface area contributed by atoms with E-state index >= 15 is 0 Å². The zero-order valence-electron chi connectivity index (χ0n) is 21.2. The van der Waals surface area contributed by atoms with Crippen molar-refractivity contribution in [2.24, 2.45) is 0 Å². The molecule has 2 N–H and O–H groups in total. The van der Waals surface area contributed by atoms with Gasteiger partial charge in [-0.2, -0.15) is 0 Å². The first kappa shape index (κ1) is 24.5. The van der Waals surface area contributed by atoms with E-state index in [1.165, 1.54) is 40.5 Å². The van der Waals surface area contributed by atoms with Crippen LogP contribution in [0, 0.1) is 0 Å². The van der Waals surface area contributed by atoms with E-state index in [2.05, 4.69) is 30.3 Å². The maximum absolute atomic E-state index is 12.9. The van der Waals surface area contributed by atoms with Crippen molar-refractivity contribution in [1.82, 2.24) is 0 Å². The van der Waals surface area contributed by atoms with Crippen LogP contribution in [0.4, 0.5) is 0 Å². The predicted molar refractivity (Wildman–Crippen MR) is 158 cm³/mol. The summed E-state index contributed by atoms with van der Waals surface area (Å²) < 4.78 is 18.0. The summed E-state index contributed by atoms with van der Waals surface area (Å²) in [5.74, 6) is 0.393. The number of hydrogen-bond donors (Lipinski definition) is 2. The van der Waals surface area contributed by atoms with Crippen LogP contribution in [0.25, 0.3) is 44.5 Å². The molecule has 0 amide bonds. The summed E-state index contributed by atoms with van der Waals surface area (Å²) in [6, 6.07) is 37.9. The zero-order chi connectivity index (χ0) is 27.4. The molecule has 0 atom stereocenters. The van der Waals surface area contributed by atoms with Gasteiger partial charge in [0.1, 0.15) is 11.3 Å². The number of para-hydroxylation sites is 1. The minimum atomic E-state index is -4.36. The van der Waals surface area contributed by atoms with Crippen molar-refractivity contribution in [3.05, 3.63) is 148 Å². The highest BCUT2D eigenvalue weighted by Crippen LogP contribution is 2.50. The van der Waals surface area contributed by atoms with Crippen LogP contribution >= 0.6 is 7.60 Å². The quantitative estimate of drug-likeness (QED) is 0.232. The minimum absolute atomic E-state index is 0.0242. The van der Waals surface area contributed by atoms with Crippen LogP contribution in [0.3, 0.4) is 0 Å². The first-order valence-electron chi connectivity index (χ1n) is 12.9. The lowest BCUT2D eigenvalue weighted by Crippen LogP contribution is -2.05. The molecule has 1 aliphatic rings. The molecule has 1 aliphatic carbocycles. The SMILES string of the molecule is O=c1cc(-c2ccc(-c3ccc(P(=O)(O)O)cc3)c(C3c4ccccc4-c4ccccc43)c2)oc2ccccc12. The van der Waals surface area contributed by atoms with Crippen LogP contribution in [-0.4, -0.2) is 9.79 Å². The molecule has 6 aromatic rings. The van der Waals surface area contributed by atoms with Crippen molar-refractivity contribution in [3.8, 4) is 33.6 Å². The van der Waals surface area contributed by atoms with Crippen LogP contribution in [0.2, 0.25) is 0 Å². The first-order chi connectivity index (χ1) is 19.4. The van der Waals surface area contributed by atoms with Gasteiger partial charge >= 0.3 is 7.60 Å². The van der Waals surface area contributed by atoms with Gasteiger partial charge in [-0.1, -0.05) is 84.9 Å². The van der Waals surface area contributed by atoms with Crippen molar-refractivity contribution in [1.29, 1.82) is 0 Å². The molecule has 5 aromatic carbocycles.